The zero-order valence-electron chi connectivity index (χ0n) is 22.2. The van der Waals surface area contributed by atoms with E-state index in [9.17, 15) is 22.8 Å². The molecule has 1 aromatic carbocycles. The van der Waals surface area contributed by atoms with Crippen LogP contribution < -0.4 is 5.32 Å². The molecule has 1 unspecified atom stereocenters. The Morgan fingerprint density at radius 1 is 1.24 bits per heavy atom. The van der Waals surface area contributed by atoms with Gasteiger partial charge in [0.05, 0.1) is 10.9 Å². The minimum absolute atomic E-state index is 0.0593. The second-order valence-electron chi connectivity index (χ2n) is 11.5. The van der Waals surface area contributed by atoms with Crippen LogP contribution in [0.15, 0.2) is 42.0 Å². The van der Waals surface area contributed by atoms with Crippen molar-refractivity contribution in [3.8, 4) is 0 Å². The highest BCUT2D eigenvalue weighted by Crippen LogP contribution is 2.45. The molecule has 0 spiro atoms. The number of fused-ring (bicyclic) bond motifs is 1. The van der Waals surface area contributed by atoms with Gasteiger partial charge in [0.1, 0.15) is 0 Å². The smallest absolute Gasteiger partial charge is 0.397 e. The molecule has 1 amide bonds. The number of carboxylic acid groups (broad SMARTS) is 1. The SMILES string of the molecule is CC(C)Cn1nc(C(=O)NC2(CCCC(=O)O)CCC2)c2c(CC3=CCC(C)(C(F)(F)F)C=C3)cccc21. The Hall–Kier alpha value is -3.10. The lowest BCUT2D eigenvalue weighted by molar-refractivity contribution is -0.199. The molecule has 2 aliphatic rings. The fraction of sp³-hybridized carbons (Fsp3) is 0.552. The molecule has 1 saturated carbocycles. The highest BCUT2D eigenvalue weighted by atomic mass is 19.4. The number of nitrogens with one attached hydrogen (secondary N) is 1. The van der Waals surface area contributed by atoms with E-state index in [1.54, 1.807) is 12.2 Å². The predicted molar refractivity (Wildman–Crippen MR) is 140 cm³/mol. The number of allylic oxidation sites excluding steroid dienone is 4. The maximum absolute atomic E-state index is 13.6. The van der Waals surface area contributed by atoms with Crippen LogP contribution in [0, 0.1) is 11.3 Å². The summed E-state index contributed by atoms with van der Waals surface area (Å²) in [5.41, 5.74) is 0.422. The van der Waals surface area contributed by atoms with Crippen molar-refractivity contribution in [1.82, 2.24) is 15.1 Å². The molecular weight excluding hydrogens is 495 g/mol. The van der Waals surface area contributed by atoms with Crippen LogP contribution in [0.25, 0.3) is 10.9 Å². The molecule has 0 aliphatic heterocycles. The highest BCUT2D eigenvalue weighted by molar-refractivity contribution is 6.06. The first-order chi connectivity index (χ1) is 17.8. The number of aliphatic carboxylic acids is 1. The van der Waals surface area contributed by atoms with Crippen molar-refractivity contribution >= 4 is 22.8 Å². The zero-order chi connectivity index (χ0) is 27.7. The fourth-order valence-corrected chi connectivity index (χ4v) is 5.34. The maximum Gasteiger partial charge on any atom is 0.397 e. The van der Waals surface area contributed by atoms with Crippen LogP contribution in [-0.4, -0.2) is 38.5 Å². The Kier molecular flexibility index (Phi) is 7.77. The van der Waals surface area contributed by atoms with E-state index in [4.69, 9.17) is 10.2 Å². The molecular formula is C29H36F3N3O3. The van der Waals surface area contributed by atoms with E-state index in [0.29, 0.717) is 36.9 Å². The number of carbonyl (C=O) groups is 2. The van der Waals surface area contributed by atoms with Gasteiger partial charge in [-0.1, -0.05) is 44.2 Å². The highest BCUT2D eigenvalue weighted by Gasteiger charge is 2.49. The van der Waals surface area contributed by atoms with E-state index in [1.165, 1.54) is 13.0 Å². The van der Waals surface area contributed by atoms with E-state index >= 15 is 0 Å². The van der Waals surface area contributed by atoms with Gasteiger partial charge in [-0.3, -0.25) is 14.3 Å². The van der Waals surface area contributed by atoms with Crippen molar-refractivity contribution in [1.29, 1.82) is 0 Å². The lowest BCUT2D eigenvalue weighted by Crippen LogP contribution is -2.53. The van der Waals surface area contributed by atoms with Gasteiger partial charge in [-0.2, -0.15) is 18.3 Å². The molecule has 1 atom stereocenters. The monoisotopic (exact) mass is 531 g/mol. The second kappa shape index (κ2) is 10.6. The molecule has 0 bridgehead atoms. The summed E-state index contributed by atoms with van der Waals surface area (Å²) in [4.78, 5) is 24.6. The minimum atomic E-state index is -4.32. The van der Waals surface area contributed by atoms with Gasteiger partial charge >= 0.3 is 12.1 Å². The van der Waals surface area contributed by atoms with Gasteiger partial charge in [0.15, 0.2) is 5.69 Å². The van der Waals surface area contributed by atoms with E-state index in [-0.39, 0.29) is 24.7 Å². The normalized spacial score (nSPS) is 20.9. The van der Waals surface area contributed by atoms with Crippen LogP contribution in [0.3, 0.4) is 0 Å². The van der Waals surface area contributed by atoms with E-state index < -0.39 is 23.1 Å². The van der Waals surface area contributed by atoms with Gasteiger partial charge in [0, 0.05) is 23.9 Å². The Morgan fingerprint density at radius 3 is 2.53 bits per heavy atom. The first-order valence-electron chi connectivity index (χ1n) is 13.3. The van der Waals surface area contributed by atoms with Gasteiger partial charge in [0.2, 0.25) is 0 Å². The van der Waals surface area contributed by atoms with Crippen molar-refractivity contribution in [2.75, 3.05) is 0 Å². The molecule has 9 heteroatoms. The molecule has 2 aliphatic carbocycles. The van der Waals surface area contributed by atoms with Crippen molar-refractivity contribution in [3.05, 3.63) is 53.3 Å². The third kappa shape index (κ3) is 5.81. The Morgan fingerprint density at radius 2 is 1.97 bits per heavy atom. The summed E-state index contributed by atoms with van der Waals surface area (Å²) in [6, 6.07) is 5.71. The summed E-state index contributed by atoms with van der Waals surface area (Å²) in [5.74, 6) is -0.857. The van der Waals surface area contributed by atoms with Crippen LogP contribution in [0.4, 0.5) is 13.2 Å². The van der Waals surface area contributed by atoms with Crippen molar-refractivity contribution in [2.24, 2.45) is 11.3 Å². The number of hydrogen-bond acceptors (Lipinski definition) is 3. The molecule has 206 valence electrons. The van der Waals surface area contributed by atoms with Crippen molar-refractivity contribution in [2.45, 2.75) is 90.4 Å². The second-order valence-corrected chi connectivity index (χ2v) is 11.5. The molecule has 4 rings (SSSR count). The number of carboxylic acids is 1. The number of rotatable bonds is 10. The van der Waals surface area contributed by atoms with Gasteiger partial charge in [-0.25, -0.2) is 0 Å². The Labute approximate surface area is 221 Å². The molecule has 0 radical (unpaired) electrons. The molecule has 2 N–H and O–H groups in total. The van der Waals surface area contributed by atoms with Crippen molar-refractivity contribution < 1.29 is 27.9 Å². The molecule has 1 aromatic heterocycles. The summed E-state index contributed by atoms with van der Waals surface area (Å²) in [6.45, 7) is 5.95. The number of benzene rings is 1. The summed E-state index contributed by atoms with van der Waals surface area (Å²) in [7, 11) is 0. The number of carbonyl (C=O) groups excluding carboxylic acids is 1. The third-order valence-electron chi connectivity index (χ3n) is 7.85. The lowest BCUT2D eigenvalue weighted by Gasteiger charge is -2.42. The van der Waals surface area contributed by atoms with Crippen LogP contribution in [0.1, 0.15) is 81.8 Å². The third-order valence-corrected chi connectivity index (χ3v) is 7.85. The summed E-state index contributed by atoms with van der Waals surface area (Å²) >= 11 is 0. The van der Waals surface area contributed by atoms with Gasteiger partial charge in [-0.15, -0.1) is 0 Å². The topological polar surface area (TPSA) is 84.2 Å². The van der Waals surface area contributed by atoms with Crippen LogP contribution in [0.2, 0.25) is 0 Å². The first kappa shape index (κ1) is 27.9. The molecule has 0 saturated heterocycles. The number of alkyl halides is 3. The molecule has 1 fully saturated rings. The summed E-state index contributed by atoms with van der Waals surface area (Å²) < 4.78 is 42.2. The Bertz CT molecular complexity index is 1270. The average Bonchev–Trinajstić information content (AvgIpc) is 3.17. The largest absolute Gasteiger partial charge is 0.481 e. The number of amides is 1. The number of aromatic nitrogens is 2. The van der Waals surface area contributed by atoms with Gasteiger partial charge in [-0.05, 0) is 75.0 Å². The van der Waals surface area contributed by atoms with Gasteiger partial charge in [0.25, 0.3) is 5.91 Å². The quantitative estimate of drug-likeness (QED) is 0.362. The number of nitrogens with zero attached hydrogens (tertiary/aromatic N) is 2. The molecule has 2 aromatic rings. The molecule has 6 nitrogen and oxygen atoms in total. The standard InChI is InChI=1S/C29H36F3N3O3/c1-19(2)18-35-22-8-4-7-21(17-20-10-15-27(3,16-11-20)29(30,31)32)24(22)25(34-35)26(38)33-28(13-6-14-28)12-5-9-23(36)37/h4,7-8,10-11,15,19H,5-6,9,12-14,16-18H2,1-3H3,(H,33,38)(H,36,37). The summed E-state index contributed by atoms with van der Waals surface area (Å²) in [5, 5.41) is 17.6. The Balaban J connectivity index is 1.65. The first-order valence-corrected chi connectivity index (χ1v) is 13.3. The lowest BCUT2D eigenvalue weighted by atomic mass is 9.73. The zero-order valence-corrected chi connectivity index (χ0v) is 22.2. The van der Waals surface area contributed by atoms with Gasteiger partial charge < -0.3 is 10.4 Å². The predicted octanol–water partition coefficient (Wildman–Crippen LogP) is 6.60. The van der Waals surface area contributed by atoms with Crippen molar-refractivity contribution in [3.63, 3.8) is 0 Å². The average molecular weight is 532 g/mol. The molecule has 38 heavy (non-hydrogen) atoms. The van der Waals surface area contributed by atoms with Crippen LogP contribution >= 0.6 is 0 Å². The fourth-order valence-electron chi connectivity index (χ4n) is 5.34. The van der Waals surface area contributed by atoms with Crippen LogP contribution in [0.5, 0.6) is 0 Å². The van der Waals surface area contributed by atoms with E-state index in [2.05, 4.69) is 19.2 Å². The van der Waals surface area contributed by atoms with E-state index in [0.717, 1.165) is 35.9 Å². The number of hydrogen-bond donors (Lipinski definition) is 2. The molecule has 1 heterocycles. The summed E-state index contributed by atoms with van der Waals surface area (Å²) in [6.07, 6.45) is 4.05. The minimum Gasteiger partial charge on any atom is -0.481 e. The maximum atomic E-state index is 13.6. The van der Waals surface area contributed by atoms with E-state index in [1.807, 2.05) is 22.9 Å². The number of halogens is 3. The van der Waals surface area contributed by atoms with Crippen LogP contribution in [-0.2, 0) is 17.8 Å².